The molecule has 0 fully saturated rings. The van der Waals surface area contributed by atoms with Gasteiger partial charge in [-0.1, -0.05) is 62.4 Å². The summed E-state index contributed by atoms with van der Waals surface area (Å²) in [5, 5.41) is 4.88. The normalized spacial score (nSPS) is 11.4. The van der Waals surface area contributed by atoms with Gasteiger partial charge in [0.15, 0.2) is 5.65 Å². The van der Waals surface area contributed by atoms with E-state index < -0.39 is 0 Å². The number of fused-ring (bicyclic) bond motifs is 1. The molecule has 0 saturated heterocycles. The summed E-state index contributed by atoms with van der Waals surface area (Å²) in [6, 6.07) is 20.7. The molecule has 5 aromatic rings. The van der Waals surface area contributed by atoms with E-state index in [1.807, 2.05) is 24.3 Å². The number of nitrogens with zero attached hydrogens (tertiary/aromatic N) is 3. The summed E-state index contributed by atoms with van der Waals surface area (Å²) in [6.07, 6.45) is 2.89. The second-order valence-electron chi connectivity index (χ2n) is 8.01. The van der Waals surface area contributed by atoms with E-state index in [2.05, 4.69) is 53.2 Å². The van der Waals surface area contributed by atoms with Crippen molar-refractivity contribution in [3.8, 4) is 27.9 Å². The molecule has 0 aliphatic rings. The van der Waals surface area contributed by atoms with Crippen molar-refractivity contribution in [2.75, 3.05) is 0 Å². The molecule has 2 aromatic heterocycles. The molecule has 0 atom stereocenters. The first-order chi connectivity index (χ1) is 15.5. The molecule has 1 N–H and O–H groups in total. The maximum atomic E-state index is 14.1. The number of H-pyrrole nitrogens is 1. The monoisotopic (exact) mass is 424 g/mol. The Balaban J connectivity index is 1.82. The molecule has 0 unspecified atom stereocenters. The van der Waals surface area contributed by atoms with Gasteiger partial charge in [-0.3, -0.25) is 4.79 Å². The Morgan fingerprint density at radius 2 is 1.75 bits per heavy atom. The zero-order valence-corrected chi connectivity index (χ0v) is 17.7. The van der Waals surface area contributed by atoms with Gasteiger partial charge >= 0.3 is 0 Å². The summed E-state index contributed by atoms with van der Waals surface area (Å²) in [7, 11) is 0. The largest absolute Gasteiger partial charge is 0.312 e. The quantitative estimate of drug-likeness (QED) is 0.402. The van der Waals surface area contributed by atoms with Crippen LogP contribution in [0.4, 0.5) is 4.39 Å². The first-order valence-corrected chi connectivity index (χ1v) is 10.4. The number of aromatic nitrogens is 4. The summed E-state index contributed by atoms with van der Waals surface area (Å²) in [5.74, 6) is 0.111. The molecule has 158 valence electrons. The van der Waals surface area contributed by atoms with E-state index >= 15 is 0 Å². The lowest BCUT2D eigenvalue weighted by Gasteiger charge is -2.17. The molecule has 0 amide bonds. The van der Waals surface area contributed by atoms with E-state index in [9.17, 15) is 9.18 Å². The molecule has 3 aromatic carbocycles. The van der Waals surface area contributed by atoms with E-state index in [1.165, 1.54) is 30.2 Å². The fourth-order valence-corrected chi connectivity index (χ4v) is 3.98. The first kappa shape index (κ1) is 19.9. The van der Waals surface area contributed by atoms with Crippen LogP contribution >= 0.6 is 0 Å². The Morgan fingerprint density at radius 1 is 0.969 bits per heavy atom. The Morgan fingerprint density at radius 3 is 2.50 bits per heavy atom. The van der Waals surface area contributed by atoms with Crippen LogP contribution in [0.1, 0.15) is 25.3 Å². The zero-order valence-electron chi connectivity index (χ0n) is 17.7. The van der Waals surface area contributed by atoms with Gasteiger partial charge in [0.05, 0.1) is 18.2 Å². The van der Waals surface area contributed by atoms with Crippen molar-refractivity contribution >= 4 is 11.0 Å². The number of halogens is 1. The SMILES string of the molecule is CC(C)c1ccc(-c2c(-c3cccc(F)c3)cccc2-n2ncc3c(=O)[nH]cnc32)cc1. The Hall–Kier alpha value is -4.06. The van der Waals surface area contributed by atoms with Gasteiger partial charge in [-0.15, -0.1) is 0 Å². The first-order valence-electron chi connectivity index (χ1n) is 10.4. The average Bonchev–Trinajstić information content (AvgIpc) is 3.24. The Bertz CT molecular complexity index is 1480. The lowest BCUT2D eigenvalue weighted by atomic mass is 9.91. The second-order valence-corrected chi connectivity index (χ2v) is 8.01. The van der Waals surface area contributed by atoms with Crippen LogP contribution in [0.25, 0.3) is 39.0 Å². The minimum Gasteiger partial charge on any atom is -0.312 e. The van der Waals surface area contributed by atoms with E-state index in [0.717, 1.165) is 27.9 Å². The van der Waals surface area contributed by atoms with Crippen LogP contribution in [-0.2, 0) is 0 Å². The molecule has 0 bridgehead atoms. The van der Waals surface area contributed by atoms with Gasteiger partial charge in [-0.05, 0) is 46.4 Å². The van der Waals surface area contributed by atoms with Gasteiger partial charge < -0.3 is 4.98 Å². The number of hydrogen-bond donors (Lipinski definition) is 1. The van der Waals surface area contributed by atoms with Crippen LogP contribution in [0, 0.1) is 5.82 Å². The minimum atomic E-state index is -0.299. The van der Waals surface area contributed by atoms with E-state index in [0.29, 0.717) is 17.0 Å². The van der Waals surface area contributed by atoms with Crippen molar-refractivity contribution in [1.82, 2.24) is 19.7 Å². The fraction of sp³-hybridized carbons (Fsp3) is 0.115. The second kappa shape index (κ2) is 7.89. The summed E-state index contributed by atoms with van der Waals surface area (Å²) in [6.45, 7) is 4.31. The third-order valence-electron chi connectivity index (χ3n) is 5.64. The predicted octanol–water partition coefficient (Wildman–Crippen LogP) is 5.71. The highest BCUT2D eigenvalue weighted by molar-refractivity contribution is 5.90. The summed E-state index contributed by atoms with van der Waals surface area (Å²) in [4.78, 5) is 19.2. The van der Waals surface area contributed by atoms with Crippen LogP contribution in [-0.4, -0.2) is 19.7 Å². The molecular weight excluding hydrogens is 403 g/mol. The maximum Gasteiger partial charge on any atom is 0.261 e. The number of nitrogens with one attached hydrogen (secondary N) is 1. The smallest absolute Gasteiger partial charge is 0.261 e. The third-order valence-corrected chi connectivity index (χ3v) is 5.64. The topological polar surface area (TPSA) is 63.6 Å². The zero-order chi connectivity index (χ0) is 22.2. The number of hydrogen-bond acceptors (Lipinski definition) is 3. The van der Waals surface area contributed by atoms with Gasteiger partial charge in [-0.25, -0.2) is 14.1 Å². The maximum absolute atomic E-state index is 14.1. The predicted molar refractivity (Wildman–Crippen MR) is 124 cm³/mol. The highest BCUT2D eigenvalue weighted by atomic mass is 19.1. The van der Waals surface area contributed by atoms with Gasteiger partial charge in [0.25, 0.3) is 5.56 Å². The van der Waals surface area contributed by atoms with Crippen molar-refractivity contribution < 1.29 is 4.39 Å². The Kier molecular flexibility index (Phi) is 4.90. The molecule has 0 aliphatic carbocycles. The summed E-state index contributed by atoms with van der Waals surface area (Å²) >= 11 is 0. The molecule has 32 heavy (non-hydrogen) atoms. The molecule has 0 aliphatic heterocycles. The number of rotatable bonds is 4. The molecule has 2 heterocycles. The van der Waals surface area contributed by atoms with Crippen LogP contribution in [0.15, 0.2) is 84.0 Å². The lowest BCUT2D eigenvalue weighted by Crippen LogP contribution is -2.07. The van der Waals surface area contributed by atoms with Gasteiger partial charge in [0.1, 0.15) is 11.2 Å². The number of aromatic amines is 1. The van der Waals surface area contributed by atoms with Crippen molar-refractivity contribution in [1.29, 1.82) is 0 Å². The molecule has 0 spiro atoms. The standard InChI is InChI=1S/C26H21FN4O/c1-16(2)17-9-11-18(12-10-17)24-21(19-5-3-6-20(27)13-19)7-4-8-23(24)31-25-22(14-30-31)26(32)29-15-28-25/h3-16H,1-2H3,(H,28,29,32). The van der Waals surface area contributed by atoms with Crippen molar-refractivity contribution in [3.05, 3.63) is 101 Å². The van der Waals surface area contributed by atoms with E-state index in [4.69, 9.17) is 0 Å². The van der Waals surface area contributed by atoms with Crippen LogP contribution < -0.4 is 5.56 Å². The van der Waals surface area contributed by atoms with E-state index in [1.54, 1.807) is 10.7 Å². The van der Waals surface area contributed by atoms with E-state index in [-0.39, 0.29) is 11.4 Å². The highest BCUT2D eigenvalue weighted by Crippen LogP contribution is 2.38. The Labute approximate surface area is 184 Å². The summed E-state index contributed by atoms with van der Waals surface area (Å²) in [5.41, 5.74) is 5.70. The van der Waals surface area contributed by atoms with Crippen molar-refractivity contribution in [3.63, 3.8) is 0 Å². The van der Waals surface area contributed by atoms with Crippen molar-refractivity contribution in [2.45, 2.75) is 19.8 Å². The van der Waals surface area contributed by atoms with Gasteiger partial charge in [-0.2, -0.15) is 5.10 Å². The molecule has 0 saturated carbocycles. The van der Waals surface area contributed by atoms with Crippen LogP contribution in [0.3, 0.4) is 0 Å². The third kappa shape index (κ3) is 3.39. The van der Waals surface area contributed by atoms with Crippen LogP contribution in [0.2, 0.25) is 0 Å². The van der Waals surface area contributed by atoms with Gasteiger partial charge in [0, 0.05) is 5.56 Å². The van der Waals surface area contributed by atoms with Gasteiger partial charge in [0.2, 0.25) is 0 Å². The fourth-order valence-electron chi connectivity index (χ4n) is 3.98. The minimum absolute atomic E-state index is 0.245. The molecule has 0 radical (unpaired) electrons. The molecular formula is C26H21FN4O. The number of benzene rings is 3. The van der Waals surface area contributed by atoms with Crippen LogP contribution in [0.5, 0.6) is 0 Å². The molecule has 5 rings (SSSR count). The molecule has 6 heteroatoms. The average molecular weight is 424 g/mol. The summed E-state index contributed by atoms with van der Waals surface area (Å²) < 4.78 is 15.8. The molecule has 5 nitrogen and oxygen atoms in total. The lowest BCUT2D eigenvalue weighted by molar-refractivity contribution is 0.628. The highest BCUT2D eigenvalue weighted by Gasteiger charge is 2.18. The van der Waals surface area contributed by atoms with Crippen molar-refractivity contribution in [2.24, 2.45) is 0 Å².